The molecule has 0 aliphatic carbocycles. The highest BCUT2D eigenvalue weighted by Gasteiger charge is 2.05. The van der Waals surface area contributed by atoms with Crippen LogP contribution in [0.3, 0.4) is 0 Å². The first-order valence-corrected chi connectivity index (χ1v) is 8.30. The highest BCUT2D eigenvalue weighted by Crippen LogP contribution is 2.11. The first-order valence-electron chi connectivity index (χ1n) is 7.15. The van der Waals surface area contributed by atoms with E-state index in [1.54, 1.807) is 11.0 Å². The van der Waals surface area contributed by atoms with Crippen LogP contribution in [0.25, 0.3) is 0 Å². The number of carbonyl (C=O) groups is 1. The molecule has 106 valence electrons. The Morgan fingerprint density at radius 2 is 1.83 bits per heavy atom. The number of amides is 1. The molecule has 0 aromatic heterocycles. The highest BCUT2D eigenvalue weighted by atomic mass is 32.2. The van der Waals surface area contributed by atoms with E-state index >= 15 is 0 Å². The molecule has 0 fully saturated rings. The highest BCUT2D eigenvalue weighted by molar-refractivity contribution is 7.99. The van der Waals surface area contributed by atoms with Gasteiger partial charge in [-0.05, 0) is 12.2 Å². The van der Waals surface area contributed by atoms with Crippen molar-refractivity contribution >= 4 is 17.7 Å². The summed E-state index contributed by atoms with van der Waals surface area (Å²) in [5.41, 5.74) is 0. The van der Waals surface area contributed by atoms with Crippen LogP contribution in [0.1, 0.15) is 51.9 Å². The molecule has 3 heteroatoms. The first-order chi connectivity index (χ1) is 8.72. The second kappa shape index (κ2) is 13.0. The summed E-state index contributed by atoms with van der Waals surface area (Å²) in [5, 5.41) is 0. The third-order valence-corrected chi connectivity index (χ3v) is 4.00. The summed E-state index contributed by atoms with van der Waals surface area (Å²) in [4.78, 5) is 13.3. The Balaban J connectivity index is 3.24. The lowest BCUT2D eigenvalue weighted by molar-refractivity contribution is -0.128. The minimum absolute atomic E-state index is 0.227. The van der Waals surface area contributed by atoms with Crippen molar-refractivity contribution < 1.29 is 4.79 Å². The largest absolute Gasteiger partial charge is 0.342 e. The monoisotopic (exact) mass is 271 g/mol. The SMILES string of the molecule is C=CCN(C)C(=O)CCSCCCCCCCC. The Morgan fingerprint density at radius 1 is 1.17 bits per heavy atom. The van der Waals surface area contributed by atoms with Crippen LogP contribution in [-0.2, 0) is 4.79 Å². The minimum Gasteiger partial charge on any atom is -0.342 e. The Bertz CT molecular complexity index is 219. The van der Waals surface area contributed by atoms with Crippen LogP contribution in [0.5, 0.6) is 0 Å². The molecule has 0 saturated carbocycles. The van der Waals surface area contributed by atoms with Gasteiger partial charge in [-0.25, -0.2) is 0 Å². The van der Waals surface area contributed by atoms with Gasteiger partial charge in [0.05, 0.1) is 0 Å². The topological polar surface area (TPSA) is 20.3 Å². The van der Waals surface area contributed by atoms with Crippen molar-refractivity contribution in [1.29, 1.82) is 0 Å². The van der Waals surface area contributed by atoms with Crippen LogP contribution in [-0.4, -0.2) is 35.9 Å². The first kappa shape index (κ1) is 17.6. The van der Waals surface area contributed by atoms with Gasteiger partial charge in [-0.3, -0.25) is 4.79 Å². The summed E-state index contributed by atoms with van der Waals surface area (Å²) < 4.78 is 0. The standard InChI is InChI=1S/C15H29NOS/c1-4-6-7-8-9-10-13-18-14-11-15(17)16(3)12-5-2/h5H,2,4,6-14H2,1,3H3. The van der Waals surface area contributed by atoms with Gasteiger partial charge in [0.1, 0.15) is 0 Å². The van der Waals surface area contributed by atoms with E-state index in [2.05, 4.69) is 13.5 Å². The average Bonchev–Trinajstić information content (AvgIpc) is 2.36. The van der Waals surface area contributed by atoms with Crippen LogP contribution < -0.4 is 0 Å². The molecule has 0 saturated heterocycles. The van der Waals surface area contributed by atoms with Gasteiger partial charge < -0.3 is 4.90 Å². The van der Waals surface area contributed by atoms with E-state index in [0.717, 1.165) is 5.75 Å². The Morgan fingerprint density at radius 3 is 2.50 bits per heavy atom. The molecule has 0 N–H and O–H groups in total. The summed E-state index contributed by atoms with van der Waals surface area (Å²) in [6, 6.07) is 0. The van der Waals surface area contributed by atoms with Crippen LogP contribution in [0, 0.1) is 0 Å². The summed E-state index contributed by atoms with van der Waals surface area (Å²) in [6.45, 7) is 6.54. The Hall–Kier alpha value is -0.440. The number of nitrogens with zero attached hydrogens (tertiary/aromatic N) is 1. The van der Waals surface area contributed by atoms with Crippen molar-refractivity contribution in [3.63, 3.8) is 0 Å². The van der Waals surface area contributed by atoms with Gasteiger partial charge in [0.2, 0.25) is 5.91 Å². The van der Waals surface area contributed by atoms with E-state index in [1.165, 1.54) is 44.3 Å². The van der Waals surface area contributed by atoms with E-state index in [0.29, 0.717) is 13.0 Å². The maximum atomic E-state index is 11.6. The van der Waals surface area contributed by atoms with Gasteiger partial charge in [-0.1, -0.05) is 45.1 Å². The van der Waals surface area contributed by atoms with Gasteiger partial charge in [0.15, 0.2) is 0 Å². The molecule has 0 aromatic rings. The van der Waals surface area contributed by atoms with E-state index in [4.69, 9.17) is 0 Å². The Labute approximate surface area is 117 Å². The Kier molecular flexibility index (Phi) is 12.7. The van der Waals surface area contributed by atoms with Crippen LogP contribution in [0.4, 0.5) is 0 Å². The maximum absolute atomic E-state index is 11.6. The summed E-state index contributed by atoms with van der Waals surface area (Å²) >= 11 is 1.91. The van der Waals surface area contributed by atoms with Crippen molar-refractivity contribution in [2.24, 2.45) is 0 Å². The summed E-state index contributed by atoms with van der Waals surface area (Å²) in [6.07, 6.45) is 10.5. The third-order valence-electron chi connectivity index (χ3n) is 2.93. The van der Waals surface area contributed by atoms with Gasteiger partial charge in [-0.15, -0.1) is 6.58 Å². The molecule has 0 aliphatic rings. The van der Waals surface area contributed by atoms with Crippen molar-refractivity contribution in [3.05, 3.63) is 12.7 Å². The second-order valence-electron chi connectivity index (χ2n) is 4.69. The quantitative estimate of drug-likeness (QED) is 0.393. The fraction of sp³-hybridized carbons (Fsp3) is 0.800. The molecule has 2 nitrogen and oxygen atoms in total. The van der Waals surface area contributed by atoms with Crippen LogP contribution in [0.15, 0.2) is 12.7 Å². The van der Waals surface area contributed by atoms with Gasteiger partial charge in [-0.2, -0.15) is 11.8 Å². The third kappa shape index (κ3) is 10.7. The number of rotatable bonds is 12. The van der Waals surface area contributed by atoms with E-state index in [9.17, 15) is 4.79 Å². The fourth-order valence-electron chi connectivity index (χ4n) is 1.73. The molecule has 0 aromatic carbocycles. The molecule has 0 aliphatic heterocycles. The lowest BCUT2D eigenvalue weighted by Gasteiger charge is -2.14. The molecule has 1 amide bonds. The average molecular weight is 271 g/mol. The molecule has 0 atom stereocenters. The van der Waals surface area contributed by atoms with E-state index in [-0.39, 0.29) is 5.91 Å². The predicted molar refractivity (Wildman–Crippen MR) is 83.2 cm³/mol. The number of carbonyl (C=O) groups excluding carboxylic acids is 1. The smallest absolute Gasteiger partial charge is 0.223 e. The molecule has 0 radical (unpaired) electrons. The molecule has 0 rings (SSSR count). The zero-order valence-electron chi connectivity index (χ0n) is 12.1. The lowest BCUT2D eigenvalue weighted by Crippen LogP contribution is -2.26. The molecule has 0 bridgehead atoms. The minimum atomic E-state index is 0.227. The molecule has 0 spiro atoms. The van der Waals surface area contributed by atoms with Crippen molar-refractivity contribution in [1.82, 2.24) is 4.90 Å². The van der Waals surface area contributed by atoms with Gasteiger partial charge >= 0.3 is 0 Å². The second-order valence-corrected chi connectivity index (χ2v) is 5.92. The van der Waals surface area contributed by atoms with Crippen molar-refractivity contribution in [3.8, 4) is 0 Å². The maximum Gasteiger partial charge on any atom is 0.223 e. The zero-order valence-corrected chi connectivity index (χ0v) is 12.9. The van der Waals surface area contributed by atoms with Crippen LogP contribution >= 0.6 is 11.8 Å². The normalized spacial score (nSPS) is 10.3. The van der Waals surface area contributed by atoms with Gasteiger partial charge in [0.25, 0.3) is 0 Å². The summed E-state index contributed by atoms with van der Waals surface area (Å²) in [7, 11) is 1.84. The number of hydrogen-bond acceptors (Lipinski definition) is 2. The molecule has 0 unspecified atom stereocenters. The van der Waals surface area contributed by atoms with Crippen LogP contribution in [0.2, 0.25) is 0 Å². The predicted octanol–water partition coefficient (Wildman–Crippen LogP) is 4.11. The van der Waals surface area contributed by atoms with E-state index in [1.807, 2.05) is 18.8 Å². The number of likely N-dealkylation sites (N-methyl/N-ethyl adjacent to an activating group) is 1. The van der Waals surface area contributed by atoms with Crippen molar-refractivity contribution in [2.75, 3.05) is 25.1 Å². The lowest BCUT2D eigenvalue weighted by atomic mass is 10.1. The molecule has 0 heterocycles. The van der Waals surface area contributed by atoms with Gasteiger partial charge in [0, 0.05) is 25.8 Å². The number of hydrogen-bond donors (Lipinski definition) is 0. The number of unbranched alkanes of at least 4 members (excludes halogenated alkanes) is 5. The van der Waals surface area contributed by atoms with Crippen molar-refractivity contribution in [2.45, 2.75) is 51.9 Å². The molecular formula is C15H29NOS. The number of thioether (sulfide) groups is 1. The summed E-state index contributed by atoms with van der Waals surface area (Å²) in [5.74, 6) is 2.38. The van der Waals surface area contributed by atoms with E-state index < -0.39 is 0 Å². The fourth-order valence-corrected chi connectivity index (χ4v) is 2.66. The zero-order chi connectivity index (χ0) is 13.6. The molecular weight excluding hydrogens is 242 g/mol. The molecule has 18 heavy (non-hydrogen) atoms.